The van der Waals surface area contributed by atoms with Gasteiger partial charge in [-0.05, 0) is 6.07 Å². The lowest BCUT2D eigenvalue weighted by Crippen LogP contribution is -2.08. The number of halogens is 3. The summed E-state index contributed by atoms with van der Waals surface area (Å²) in [7, 11) is 0. The summed E-state index contributed by atoms with van der Waals surface area (Å²) in [6.45, 7) is -0.0523. The van der Waals surface area contributed by atoms with Crippen LogP contribution in [0.15, 0.2) is 10.5 Å². The summed E-state index contributed by atoms with van der Waals surface area (Å²) in [6, 6.07) is 1.33. The van der Waals surface area contributed by atoms with Gasteiger partial charge in [0.15, 0.2) is 0 Å². The van der Waals surface area contributed by atoms with Crippen molar-refractivity contribution in [1.82, 2.24) is 4.98 Å². The molecule has 4 N–H and O–H groups in total. The molecule has 1 aromatic heterocycles. The first-order valence-electron chi connectivity index (χ1n) is 3.49. The maximum atomic E-state index is 12.4. The number of rotatable bonds is 2. The van der Waals surface area contributed by atoms with Crippen LogP contribution in [0.3, 0.4) is 0 Å². The topological polar surface area (TPSA) is 64.9 Å². The number of nitrogens with zero attached hydrogens (tertiary/aromatic N) is 1. The van der Waals surface area contributed by atoms with Crippen molar-refractivity contribution in [3.63, 3.8) is 0 Å². The normalized spacial score (nSPS) is 10.8. The van der Waals surface area contributed by atoms with Crippen molar-refractivity contribution < 1.29 is 8.78 Å². The Morgan fingerprint density at radius 3 is 2.62 bits per heavy atom. The Hall–Kier alpha value is -0.750. The van der Waals surface area contributed by atoms with Gasteiger partial charge in [-0.15, -0.1) is 0 Å². The molecule has 0 amide bonds. The molecule has 6 heteroatoms. The maximum absolute atomic E-state index is 12.4. The number of anilines is 1. The molecule has 13 heavy (non-hydrogen) atoms. The van der Waals surface area contributed by atoms with Crippen LogP contribution in [0.25, 0.3) is 0 Å². The first-order valence-corrected chi connectivity index (χ1v) is 4.28. The lowest BCUT2D eigenvalue weighted by atomic mass is 10.2. The Balaban J connectivity index is 3.30. The minimum absolute atomic E-state index is 0.0523. The minimum atomic E-state index is -2.60. The monoisotopic (exact) mass is 251 g/mol. The summed E-state index contributed by atoms with van der Waals surface area (Å²) in [5.74, 6) is 0.178. The first-order chi connectivity index (χ1) is 6.06. The largest absolute Gasteiger partial charge is 0.384 e. The van der Waals surface area contributed by atoms with Crippen LogP contribution in [0.4, 0.5) is 14.6 Å². The van der Waals surface area contributed by atoms with Gasteiger partial charge in [-0.25, -0.2) is 13.8 Å². The van der Waals surface area contributed by atoms with Crippen LogP contribution >= 0.6 is 15.9 Å². The molecule has 72 valence electrons. The van der Waals surface area contributed by atoms with Gasteiger partial charge in [0.05, 0.1) is 11.3 Å². The molecule has 0 unspecified atom stereocenters. The number of hydrogen-bond acceptors (Lipinski definition) is 3. The molecule has 0 atom stereocenters. The molecule has 0 aliphatic carbocycles. The number of pyridine rings is 1. The number of nitrogens with two attached hydrogens (primary N) is 2. The van der Waals surface area contributed by atoms with Crippen LogP contribution in [0.5, 0.6) is 0 Å². The van der Waals surface area contributed by atoms with Crippen molar-refractivity contribution >= 4 is 21.7 Å². The van der Waals surface area contributed by atoms with E-state index in [-0.39, 0.29) is 28.1 Å². The van der Waals surface area contributed by atoms with Crippen molar-refractivity contribution in [1.29, 1.82) is 0 Å². The van der Waals surface area contributed by atoms with Crippen LogP contribution in [-0.2, 0) is 6.54 Å². The Labute approximate surface area is 82.3 Å². The minimum Gasteiger partial charge on any atom is -0.384 e. The van der Waals surface area contributed by atoms with E-state index in [1.807, 2.05) is 0 Å². The summed E-state index contributed by atoms with van der Waals surface area (Å²) in [6.07, 6.45) is -2.60. The van der Waals surface area contributed by atoms with Crippen molar-refractivity contribution in [2.75, 3.05) is 5.73 Å². The molecule has 0 fully saturated rings. The van der Waals surface area contributed by atoms with E-state index in [9.17, 15) is 8.78 Å². The molecular weight excluding hydrogens is 244 g/mol. The van der Waals surface area contributed by atoms with Crippen molar-refractivity contribution in [2.24, 2.45) is 5.73 Å². The SMILES string of the molecule is NCc1nc(N)cc(Br)c1C(F)F. The molecule has 0 saturated carbocycles. The van der Waals surface area contributed by atoms with Crippen LogP contribution in [0, 0.1) is 0 Å². The van der Waals surface area contributed by atoms with Gasteiger partial charge in [0, 0.05) is 11.0 Å². The maximum Gasteiger partial charge on any atom is 0.266 e. The van der Waals surface area contributed by atoms with Gasteiger partial charge in [-0.2, -0.15) is 0 Å². The molecule has 0 aliphatic heterocycles. The molecule has 0 spiro atoms. The smallest absolute Gasteiger partial charge is 0.266 e. The predicted molar refractivity (Wildman–Crippen MR) is 49.2 cm³/mol. The molecule has 1 rings (SSSR count). The Bertz CT molecular complexity index is 317. The average molecular weight is 252 g/mol. The first kappa shape index (κ1) is 10.3. The second-order valence-electron chi connectivity index (χ2n) is 2.39. The number of hydrogen-bond donors (Lipinski definition) is 2. The van der Waals surface area contributed by atoms with E-state index in [0.717, 1.165) is 0 Å². The molecule has 0 saturated heterocycles. The van der Waals surface area contributed by atoms with Gasteiger partial charge in [-0.1, -0.05) is 15.9 Å². The summed E-state index contributed by atoms with van der Waals surface area (Å²) in [5, 5.41) is 0. The lowest BCUT2D eigenvalue weighted by molar-refractivity contribution is 0.149. The highest BCUT2D eigenvalue weighted by Gasteiger charge is 2.17. The fourth-order valence-electron chi connectivity index (χ4n) is 0.980. The average Bonchev–Trinajstić information content (AvgIpc) is 2.01. The lowest BCUT2D eigenvalue weighted by Gasteiger charge is -2.08. The van der Waals surface area contributed by atoms with Gasteiger partial charge >= 0.3 is 0 Å². The van der Waals surface area contributed by atoms with Crippen LogP contribution < -0.4 is 11.5 Å². The third-order valence-corrected chi connectivity index (χ3v) is 2.17. The predicted octanol–water partition coefficient (Wildman–Crippen LogP) is 1.82. The van der Waals surface area contributed by atoms with Gasteiger partial charge in [0.2, 0.25) is 0 Å². The van der Waals surface area contributed by atoms with Crippen molar-refractivity contribution in [3.05, 3.63) is 21.8 Å². The molecule has 3 nitrogen and oxygen atoms in total. The molecule has 1 heterocycles. The van der Waals surface area contributed by atoms with E-state index in [0.29, 0.717) is 0 Å². The molecule has 0 bridgehead atoms. The zero-order valence-corrected chi connectivity index (χ0v) is 8.18. The number of aromatic nitrogens is 1. The zero-order chi connectivity index (χ0) is 10.0. The Morgan fingerprint density at radius 2 is 2.15 bits per heavy atom. The van der Waals surface area contributed by atoms with Crippen LogP contribution in [-0.4, -0.2) is 4.98 Å². The van der Waals surface area contributed by atoms with Crippen LogP contribution in [0.2, 0.25) is 0 Å². The number of nitrogen functional groups attached to an aromatic ring is 1. The van der Waals surface area contributed by atoms with Gasteiger partial charge in [0.25, 0.3) is 6.43 Å². The molecule has 0 aromatic carbocycles. The van der Waals surface area contributed by atoms with E-state index in [2.05, 4.69) is 20.9 Å². The van der Waals surface area contributed by atoms with E-state index < -0.39 is 6.43 Å². The van der Waals surface area contributed by atoms with E-state index in [1.54, 1.807) is 0 Å². The van der Waals surface area contributed by atoms with Crippen molar-refractivity contribution in [3.8, 4) is 0 Å². The van der Waals surface area contributed by atoms with E-state index in [4.69, 9.17) is 11.5 Å². The van der Waals surface area contributed by atoms with Crippen molar-refractivity contribution in [2.45, 2.75) is 13.0 Å². The van der Waals surface area contributed by atoms with Gasteiger partial charge in [0.1, 0.15) is 5.82 Å². The summed E-state index contributed by atoms with van der Waals surface area (Å²) in [4.78, 5) is 3.72. The number of alkyl halides is 2. The molecule has 0 radical (unpaired) electrons. The standard InChI is InChI=1S/C7H8BrF2N3/c8-3-1-5(12)13-4(2-11)6(3)7(9)10/h1,7H,2,11H2,(H2,12,13). The second kappa shape index (κ2) is 3.97. The third kappa shape index (κ3) is 2.13. The third-order valence-electron chi connectivity index (χ3n) is 1.52. The highest BCUT2D eigenvalue weighted by atomic mass is 79.9. The zero-order valence-electron chi connectivity index (χ0n) is 6.60. The van der Waals surface area contributed by atoms with E-state index in [1.165, 1.54) is 6.07 Å². The quantitative estimate of drug-likeness (QED) is 0.843. The molecule has 1 aromatic rings. The molecular formula is C7H8BrF2N3. The Morgan fingerprint density at radius 1 is 1.54 bits per heavy atom. The highest BCUT2D eigenvalue weighted by Crippen LogP contribution is 2.30. The Kier molecular flexibility index (Phi) is 3.16. The van der Waals surface area contributed by atoms with E-state index >= 15 is 0 Å². The fraction of sp³-hybridized carbons (Fsp3) is 0.286. The highest BCUT2D eigenvalue weighted by molar-refractivity contribution is 9.10. The summed E-state index contributed by atoms with van der Waals surface area (Å²) in [5.41, 5.74) is 10.6. The molecule has 0 aliphatic rings. The summed E-state index contributed by atoms with van der Waals surface area (Å²) >= 11 is 2.98. The van der Waals surface area contributed by atoms with Crippen LogP contribution in [0.1, 0.15) is 17.7 Å². The summed E-state index contributed by atoms with van der Waals surface area (Å²) < 4.78 is 25.1. The fourth-order valence-corrected chi connectivity index (χ4v) is 1.62. The second-order valence-corrected chi connectivity index (χ2v) is 3.25. The van der Waals surface area contributed by atoms with Gasteiger partial charge < -0.3 is 11.5 Å². The van der Waals surface area contributed by atoms with Gasteiger partial charge in [-0.3, -0.25) is 0 Å².